The van der Waals surface area contributed by atoms with Gasteiger partial charge in [-0.1, -0.05) is 31.5 Å². The highest BCUT2D eigenvalue weighted by Gasteiger charge is 2.23. The zero-order valence-corrected chi connectivity index (χ0v) is 16.7. The van der Waals surface area contributed by atoms with Crippen molar-refractivity contribution < 1.29 is 18.7 Å². The van der Waals surface area contributed by atoms with Crippen LogP contribution in [-0.4, -0.2) is 42.1 Å². The minimum absolute atomic E-state index is 0.000489. The van der Waals surface area contributed by atoms with E-state index in [9.17, 15) is 4.79 Å². The molecular formula is C19H25N3O4S. The molecule has 0 radical (unpaired) electrons. The number of nitrogens with zero attached hydrogens (tertiary/aromatic N) is 2. The lowest BCUT2D eigenvalue weighted by molar-refractivity contribution is -0.119. The molecule has 1 fully saturated rings. The molecule has 2 atom stereocenters. The van der Waals surface area contributed by atoms with Crippen LogP contribution in [0.25, 0.3) is 11.5 Å². The van der Waals surface area contributed by atoms with E-state index in [1.165, 1.54) is 31.0 Å². The Bertz CT molecular complexity index is 780. The molecule has 8 heteroatoms. The summed E-state index contributed by atoms with van der Waals surface area (Å²) in [7, 11) is 3.16. The Hall–Kier alpha value is -2.22. The van der Waals surface area contributed by atoms with E-state index >= 15 is 0 Å². The van der Waals surface area contributed by atoms with E-state index in [4.69, 9.17) is 13.9 Å². The lowest BCUT2D eigenvalue weighted by Crippen LogP contribution is -2.41. The first kappa shape index (κ1) is 19.5. The molecule has 1 aliphatic carbocycles. The molecule has 1 aromatic carbocycles. The van der Waals surface area contributed by atoms with Gasteiger partial charge in [0.15, 0.2) is 0 Å². The van der Waals surface area contributed by atoms with E-state index in [1.807, 2.05) is 0 Å². The monoisotopic (exact) mass is 391 g/mol. The Balaban J connectivity index is 1.59. The molecular weight excluding hydrogens is 366 g/mol. The standard InChI is InChI=1S/C19H25N3O4S/c1-12-6-4-5-7-15(12)20-17(23)11-27-19-22-21-18(26-19)14-9-8-13(24-2)10-16(14)25-3/h8-10,12,15H,4-7,11H2,1-3H3,(H,20,23)/t12-,15-/m1/s1. The van der Waals surface area contributed by atoms with E-state index in [1.54, 1.807) is 32.4 Å². The smallest absolute Gasteiger partial charge is 0.277 e. The fraction of sp³-hybridized carbons (Fsp3) is 0.526. The predicted molar refractivity (Wildman–Crippen MR) is 103 cm³/mol. The quantitative estimate of drug-likeness (QED) is 0.722. The number of hydrogen-bond acceptors (Lipinski definition) is 7. The summed E-state index contributed by atoms with van der Waals surface area (Å²) in [6.07, 6.45) is 4.66. The largest absolute Gasteiger partial charge is 0.497 e. The summed E-state index contributed by atoms with van der Waals surface area (Å²) in [6.45, 7) is 2.20. The van der Waals surface area contributed by atoms with Gasteiger partial charge < -0.3 is 19.2 Å². The van der Waals surface area contributed by atoms with Crippen molar-refractivity contribution >= 4 is 17.7 Å². The third kappa shape index (κ3) is 4.94. The van der Waals surface area contributed by atoms with Crippen LogP contribution in [0, 0.1) is 5.92 Å². The highest BCUT2D eigenvalue weighted by Crippen LogP contribution is 2.33. The summed E-state index contributed by atoms with van der Waals surface area (Å²) in [5, 5.41) is 11.6. The van der Waals surface area contributed by atoms with E-state index < -0.39 is 0 Å². The van der Waals surface area contributed by atoms with Crippen molar-refractivity contribution in [2.45, 2.75) is 43.9 Å². The van der Waals surface area contributed by atoms with Crippen LogP contribution < -0.4 is 14.8 Å². The molecule has 0 bridgehead atoms. The fourth-order valence-electron chi connectivity index (χ4n) is 3.26. The first-order valence-electron chi connectivity index (χ1n) is 9.08. The molecule has 1 aliphatic rings. The van der Waals surface area contributed by atoms with Gasteiger partial charge in [0.25, 0.3) is 11.1 Å². The first-order chi connectivity index (χ1) is 13.1. The van der Waals surface area contributed by atoms with Crippen molar-refractivity contribution in [2.75, 3.05) is 20.0 Å². The van der Waals surface area contributed by atoms with Gasteiger partial charge in [-0.15, -0.1) is 10.2 Å². The molecule has 146 valence electrons. The van der Waals surface area contributed by atoms with Crippen LogP contribution in [0.15, 0.2) is 27.8 Å². The predicted octanol–water partition coefficient (Wildman–Crippen LogP) is 3.54. The van der Waals surface area contributed by atoms with Crippen LogP contribution in [-0.2, 0) is 4.79 Å². The number of aromatic nitrogens is 2. The minimum atomic E-state index is 0.000489. The Morgan fingerprint density at radius 2 is 2.07 bits per heavy atom. The summed E-state index contributed by atoms with van der Waals surface area (Å²) < 4.78 is 16.2. The molecule has 1 aromatic heterocycles. The van der Waals surface area contributed by atoms with Crippen molar-refractivity contribution in [1.29, 1.82) is 0 Å². The maximum absolute atomic E-state index is 12.2. The maximum Gasteiger partial charge on any atom is 0.277 e. The van der Waals surface area contributed by atoms with E-state index in [2.05, 4.69) is 22.4 Å². The Morgan fingerprint density at radius 1 is 1.26 bits per heavy atom. The van der Waals surface area contributed by atoms with Crippen molar-refractivity contribution in [1.82, 2.24) is 15.5 Å². The molecule has 2 aromatic rings. The zero-order valence-electron chi connectivity index (χ0n) is 15.9. The molecule has 1 amide bonds. The Morgan fingerprint density at radius 3 is 2.81 bits per heavy atom. The van der Waals surface area contributed by atoms with Crippen LogP contribution in [0.1, 0.15) is 32.6 Å². The van der Waals surface area contributed by atoms with Crippen molar-refractivity contribution in [3.63, 3.8) is 0 Å². The summed E-state index contributed by atoms with van der Waals surface area (Å²) in [4.78, 5) is 12.2. The molecule has 0 spiro atoms. The fourth-order valence-corrected chi connectivity index (χ4v) is 3.83. The average molecular weight is 391 g/mol. The third-order valence-corrected chi connectivity index (χ3v) is 5.65. The summed E-state index contributed by atoms with van der Waals surface area (Å²) >= 11 is 1.24. The molecule has 27 heavy (non-hydrogen) atoms. The molecule has 0 aliphatic heterocycles. The number of hydrogen-bond donors (Lipinski definition) is 1. The number of carbonyl (C=O) groups is 1. The molecule has 1 N–H and O–H groups in total. The van der Waals surface area contributed by atoms with Gasteiger partial charge >= 0.3 is 0 Å². The van der Waals surface area contributed by atoms with Crippen LogP contribution >= 0.6 is 11.8 Å². The van der Waals surface area contributed by atoms with Gasteiger partial charge in [-0.05, 0) is 30.9 Å². The zero-order chi connectivity index (χ0) is 19.2. The second-order valence-corrected chi connectivity index (χ2v) is 7.59. The van der Waals surface area contributed by atoms with Gasteiger partial charge in [0.1, 0.15) is 11.5 Å². The number of nitrogens with one attached hydrogen (secondary N) is 1. The van der Waals surface area contributed by atoms with E-state index in [0.29, 0.717) is 34.1 Å². The topological polar surface area (TPSA) is 86.5 Å². The third-order valence-electron chi connectivity index (χ3n) is 4.83. The molecule has 7 nitrogen and oxygen atoms in total. The summed E-state index contributed by atoms with van der Waals surface area (Å²) in [5.74, 6) is 2.39. The highest BCUT2D eigenvalue weighted by atomic mass is 32.2. The van der Waals surface area contributed by atoms with Gasteiger partial charge in [-0.3, -0.25) is 4.79 Å². The van der Waals surface area contributed by atoms with Gasteiger partial charge in [0, 0.05) is 12.1 Å². The van der Waals surface area contributed by atoms with Crippen LogP contribution in [0.2, 0.25) is 0 Å². The van der Waals surface area contributed by atoms with Crippen molar-refractivity contribution in [3.05, 3.63) is 18.2 Å². The number of amides is 1. The Kier molecular flexibility index (Phi) is 6.60. The highest BCUT2D eigenvalue weighted by molar-refractivity contribution is 7.99. The van der Waals surface area contributed by atoms with Crippen molar-refractivity contribution in [3.8, 4) is 23.0 Å². The van der Waals surface area contributed by atoms with Gasteiger partial charge in [0.2, 0.25) is 5.91 Å². The van der Waals surface area contributed by atoms with Crippen molar-refractivity contribution in [2.24, 2.45) is 5.92 Å². The number of benzene rings is 1. The normalized spacial score (nSPS) is 19.5. The van der Waals surface area contributed by atoms with Crippen LogP contribution in [0.5, 0.6) is 11.5 Å². The number of thioether (sulfide) groups is 1. The second-order valence-electron chi connectivity index (χ2n) is 6.66. The Labute approximate surface area is 163 Å². The lowest BCUT2D eigenvalue weighted by Gasteiger charge is -2.29. The summed E-state index contributed by atoms with van der Waals surface area (Å²) in [5.41, 5.74) is 0.679. The SMILES string of the molecule is COc1ccc(-c2nnc(SCC(=O)N[C@@H]3CCCC[C@H]3C)o2)c(OC)c1. The number of methoxy groups -OCH3 is 2. The van der Waals surface area contributed by atoms with Gasteiger partial charge in [0.05, 0.1) is 25.5 Å². The number of rotatable bonds is 7. The number of ether oxygens (including phenoxy) is 2. The van der Waals surface area contributed by atoms with Gasteiger partial charge in [-0.2, -0.15) is 0 Å². The lowest BCUT2D eigenvalue weighted by atomic mass is 9.86. The van der Waals surface area contributed by atoms with E-state index in [0.717, 1.165) is 6.42 Å². The molecule has 3 rings (SSSR count). The average Bonchev–Trinajstić information content (AvgIpc) is 3.16. The van der Waals surface area contributed by atoms with Crippen LogP contribution in [0.3, 0.4) is 0 Å². The molecule has 0 saturated heterocycles. The molecule has 1 heterocycles. The van der Waals surface area contributed by atoms with E-state index in [-0.39, 0.29) is 17.7 Å². The maximum atomic E-state index is 12.2. The molecule has 0 unspecified atom stereocenters. The second kappa shape index (κ2) is 9.12. The minimum Gasteiger partial charge on any atom is -0.497 e. The summed E-state index contributed by atoms with van der Waals surface area (Å²) in [6, 6.07) is 5.63. The first-order valence-corrected chi connectivity index (χ1v) is 10.1. The number of carbonyl (C=O) groups excluding carboxylic acids is 1. The molecule has 1 saturated carbocycles. The van der Waals surface area contributed by atoms with Crippen LogP contribution in [0.4, 0.5) is 0 Å². The van der Waals surface area contributed by atoms with Gasteiger partial charge in [-0.25, -0.2) is 0 Å².